The molecule has 1 amide bonds. The van der Waals surface area contributed by atoms with Crippen LogP contribution in [0.3, 0.4) is 0 Å². The van der Waals surface area contributed by atoms with E-state index in [1.165, 1.54) is 18.1 Å². The van der Waals surface area contributed by atoms with Gasteiger partial charge in [0.15, 0.2) is 16.3 Å². The molecule has 1 aromatic carbocycles. The molecule has 0 saturated carbocycles. The fraction of sp³-hybridized carbons (Fsp3) is 0.385. The van der Waals surface area contributed by atoms with Crippen molar-refractivity contribution >= 4 is 29.2 Å². The zero-order chi connectivity index (χ0) is 14.9. The number of methoxy groups -OCH3 is 1. The predicted molar refractivity (Wildman–Crippen MR) is 76.9 cm³/mol. The van der Waals surface area contributed by atoms with Crippen LogP contribution in [0.5, 0.6) is 5.75 Å². The Morgan fingerprint density at radius 1 is 1.50 bits per heavy atom. The van der Waals surface area contributed by atoms with E-state index >= 15 is 0 Å². The minimum Gasteiger partial charge on any atom is -0.494 e. The topological polar surface area (TPSA) is 50.3 Å². The van der Waals surface area contributed by atoms with Crippen molar-refractivity contribution in [2.24, 2.45) is 0 Å². The number of aryl methyl sites for hydroxylation is 1. The van der Waals surface area contributed by atoms with Gasteiger partial charge in [0.2, 0.25) is 5.91 Å². The molecule has 7 heteroatoms. The monoisotopic (exact) mass is 297 g/mol. The van der Waals surface area contributed by atoms with Crippen LogP contribution >= 0.6 is 12.2 Å². The number of fused-ring (bicyclic) bond motifs is 1. The van der Waals surface area contributed by atoms with Crippen LogP contribution in [0, 0.1) is 10.6 Å². The molecule has 2 rings (SSSR count). The minimum atomic E-state index is -0.451. The molecule has 0 radical (unpaired) electrons. The van der Waals surface area contributed by atoms with Crippen LogP contribution in [0.15, 0.2) is 12.1 Å². The lowest BCUT2D eigenvalue weighted by Crippen LogP contribution is -2.22. The maximum Gasteiger partial charge on any atom is 0.223 e. The maximum absolute atomic E-state index is 13.6. The molecule has 0 bridgehead atoms. The Morgan fingerprint density at radius 3 is 2.80 bits per heavy atom. The number of nitrogens with one attached hydrogen (secondary N) is 1. The molecule has 2 aromatic rings. The zero-order valence-electron chi connectivity index (χ0n) is 11.6. The number of halogens is 1. The SMILES string of the molecule is COc1cc2c(cc1F)[nH]c(=S)n2CCC(=O)N(C)C. The second-order valence-corrected chi connectivity index (χ2v) is 5.01. The molecular weight excluding hydrogens is 281 g/mol. The summed E-state index contributed by atoms with van der Waals surface area (Å²) in [5, 5.41) is 0. The van der Waals surface area contributed by atoms with Crippen LogP contribution in [0.25, 0.3) is 11.0 Å². The molecule has 0 aliphatic carbocycles. The average molecular weight is 297 g/mol. The highest BCUT2D eigenvalue weighted by atomic mass is 32.1. The number of nitrogens with zero attached hydrogens (tertiary/aromatic N) is 2. The van der Waals surface area contributed by atoms with E-state index in [0.717, 1.165) is 5.52 Å². The smallest absolute Gasteiger partial charge is 0.223 e. The molecule has 0 aliphatic rings. The van der Waals surface area contributed by atoms with Gasteiger partial charge in [-0.25, -0.2) is 4.39 Å². The standard InChI is InChI=1S/C13H16FN3O2S/c1-16(2)12(18)4-5-17-10-7-11(19-3)8(14)6-9(10)15-13(17)20/h6-7H,4-5H2,1-3H3,(H,15,20). The summed E-state index contributed by atoms with van der Waals surface area (Å²) in [6, 6.07) is 2.92. The summed E-state index contributed by atoms with van der Waals surface area (Å²) >= 11 is 5.21. The van der Waals surface area contributed by atoms with E-state index < -0.39 is 5.82 Å². The minimum absolute atomic E-state index is 0.00956. The molecule has 0 saturated heterocycles. The molecule has 20 heavy (non-hydrogen) atoms. The number of amides is 1. The number of aromatic nitrogens is 2. The van der Waals surface area contributed by atoms with Gasteiger partial charge < -0.3 is 19.2 Å². The van der Waals surface area contributed by atoms with Crippen LogP contribution in [-0.2, 0) is 11.3 Å². The number of carbonyl (C=O) groups is 1. The van der Waals surface area contributed by atoms with Crippen molar-refractivity contribution in [2.75, 3.05) is 21.2 Å². The van der Waals surface area contributed by atoms with Crippen molar-refractivity contribution in [3.8, 4) is 5.75 Å². The first-order chi connectivity index (χ1) is 9.43. The summed E-state index contributed by atoms with van der Waals surface area (Å²) in [6.45, 7) is 0.435. The van der Waals surface area contributed by atoms with Crippen molar-refractivity contribution in [3.63, 3.8) is 0 Å². The van der Waals surface area contributed by atoms with E-state index in [-0.39, 0.29) is 11.7 Å². The largest absolute Gasteiger partial charge is 0.494 e. The number of benzene rings is 1. The van der Waals surface area contributed by atoms with Gasteiger partial charge in [0.05, 0.1) is 18.1 Å². The Kier molecular flexibility index (Phi) is 4.08. The number of H-pyrrole nitrogens is 1. The fourth-order valence-corrected chi connectivity index (χ4v) is 2.27. The molecule has 1 N–H and O–H groups in total. The third-order valence-corrected chi connectivity index (χ3v) is 3.42. The molecule has 1 heterocycles. The quantitative estimate of drug-likeness (QED) is 0.881. The van der Waals surface area contributed by atoms with E-state index in [2.05, 4.69) is 4.98 Å². The second kappa shape index (κ2) is 5.62. The molecule has 0 spiro atoms. The van der Waals surface area contributed by atoms with E-state index in [9.17, 15) is 9.18 Å². The first-order valence-electron chi connectivity index (χ1n) is 6.10. The lowest BCUT2D eigenvalue weighted by molar-refractivity contribution is -0.128. The van der Waals surface area contributed by atoms with Gasteiger partial charge in [-0.15, -0.1) is 0 Å². The lowest BCUT2D eigenvalue weighted by atomic mass is 10.2. The predicted octanol–water partition coefficient (Wildman–Crippen LogP) is 2.32. The fourth-order valence-electron chi connectivity index (χ4n) is 1.97. The first-order valence-corrected chi connectivity index (χ1v) is 6.51. The second-order valence-electron chi connectivity index (χ2n) is 4.62. The Hall–Kier alpha value is -1.89. The van der Waals surface area contributed by atoms with Gasteiger partial charge in [-0.2, -0.15) is 0 Å². The van der Waals surface area contributed by atoms with Crippen molar-refractivity contribution in [1.82, 2.24) is 14.5 Å². The summed E-state index contributed by atoms with van der Waals surface area (Å²) in [6.07, 6.45) is 0.327. The van der Waals surface area contributed by atoms with Crippen LogP contribution in [0.1, 0.15) is 6.42 Å². The Balaban J connectivity index is 2.40. The molecule has 0 aliphatic heterocycles. The third-order valence-electron chi connectivity index (χ3n) is 3.10. The molecule has 108 valence electrons. The number of carbonyl (C=O) groups excluding carboxylic acids is 1. The number of rotatable bonds is 4. The lowest BCUT2D eigenvalue weighted by Gasteiger charge is -2.11. The van der Waals surface area contributed by atoms with Crippen molar-refractivity contribution in [1.29, 1.82) is 0 Å². The maximum atomic E-state index is 13.6. The Bertz CT molecular complexity index is 705. The summed E-state index contributed by atoms with van der Waals surface area (Å²) in [5.74, 6) is -0.290. The summed E-state index contributed by atoms with van der Waals surface area (Å²) < 4.78 is 20.8. The Morgan fingerprint density at radius 2 is 2.20 bits per heavy atom. The highest BCUT2D eigenvalue weighted by Crippen LogP contribution is 2.24. The van der Waals surface area contributed by atoms with Gasteiger partial charge in [0.25, 0.3) is 0 Å². The van der Waals surface area contributed by atoms with Crippen LogP contribution in [0.4, 0.5) is 4.39 Å². The average Bonchev–Trinajstić information content (AvgIpc) is 2.69. The summed E-state index contributed by atoms with van der Waals surface area (Å²) in [4.78, 5) is 16.1. The molecule has 0 fully saturated rings. The van der Waals surface area contributed by atoms with Crippen LogP contribution in [-0.4, -0.2) is 41.6 Å². The van der Waals surface area contributed by atoms with E-state index in [1.807, 2.05) is 0 Å². The van der Waals surface area contributed by atoms with Crippen LogP contribution < -0.4 is 4.74 Å². The van der Waals surface area contributed by atoms with Crippen molar-refractivity contribution in [3.05, 3.63) is 22.7 Å². The zero-order valence-corrected chi connectivity index (χ0v) is 12.4. The first kappa shape index (κ1) is 14.5. The normalized spacial score (nSPS) is 10.8. The van der Waals surface area contributed by atoms with Gasteiger partial charge in [-0.05, 0) is 12.2 Å². The summed E-state index contributed by atoms with van der Waals surface area (Å²) in [5.41, 5.74) is 1.31. The number of aromatic amines is 1. The molecular formula is C13H16FN3O2S. The number of hydrogen-bond donors (Lipinski definition) is 1. The molecule has 1 aromatic heterocycles. The number of imidazole rings is 1. The Labute approximate surface area is 121 Å². The van der Waals surface area contributed by atoms with Crippen molar-refractivity contribution < 1.29 is 13.9 Å². The molecule has 5 nitrogen and oxygen atoms in total. The van der Waals surface area contributed by atoms with E-state index in [0.29, 0.717) is 23.3 Å². The molecule has 0 atom stereocenters. The van der Waals surface area contributed by atoms with Gasteiger partial charge in [0.1, 0.15) is 0 Å². The number of ether oxygens (including phenoxy) is 1. The van der Waals surface area contributed by atoms with Gasteiger partial charge in [-0.3, -0.25) is 4.79 Å². The van der Waals surface area contributed by atoms with Gasteiger partial charge in [0, 0.05) is 39.2 Å². The highest BCUT2D eigenvalue weighted by molar-refractivity contribution is 7.71. The van der Waals surface area contributed by atoms with Crippen LogP contribution in [0.2, 0.25) is 0 Å². The molecule has 0 unspecified atom stereocenters. The van der Waals surface area contributed by atoms with E-state index in [1.54, 1.807) is 24.7 Å². The number of hydrogen-bond acceptors (Lipinski definition) is 3. The third kappa shape index (κ3) is 2.67. The highest BCUT2D eigenvalue weighted by Gasteiger charge is 2.12. The van der Waals surface area contributed by atoms with E-state index in [4.69, 9.17) is 17.0 Å². The van der Waals surface area contributed by atoms with Crippen molar-refractivity contribution in [2.45, 2.75) is 13.0 Å². The van der Waals surface area contributed by atoms with Gasteiger partial charge in [-0.1, -0.05) is 0 Å². The van der Waals surface area contributed by atoms with Gasteiger partial charge >= 0.3 is 0 Å². The summed E-state index contributed by atoms with van der Waals surface area (Å²) in [7, 11) is 4.82.